The van der Waals surface area contributed by atoms with Crippen molar-refractivity contribution in [2.75, 3.05) is 13.1 Å². The molecule has 0 spiro atoms. The van der Waals surface area contributed by atoms with E-state index in [1.807, 2.05) is 37.3 Å². The van der Waals surface area contributed by atoms with Gasteiger partial charge in [0.1, 0.15) is 0 Å². The number of hydrogen-bond donors (Lipinski definition) is 1. The number of allylic oxidation sites excluding steroid dienone is 1. The summed E-state index contributed by atoms with van der Waals surface area (Å²) in [7, 11) is -3.36. The zero-order valence-corrected chi connectivity index (χ0v) is 12.0. The monoisotopic (exact) mass is 280 g/mol. The summed E-state index contributed by atoms with van der Waals surface area (Å²) in [6.07, 6.45) is 5.38. The molecule has 1 heterocycles. The van der Waals surface area contributed by atoms with Gasteiger partial charge < -0.3 is 0 Å². The Kier molecular flexibility index (Phi) is 4.74. The minimum atomic E-state index is -3.36. The van der Waals surface area contributed by atoms with Gasteiger partial charge in [0.2, 0.25) is 0 Å². The molecule has 5 heteroatoms. The summed E-state index contributed by atoms with van der Waals surface area (Å²) in [5, 5.41) is 0. The van der Waals surface area contributed by atoms with E-state index in [-0.39, 0.29) is 0 Å². The van der Waals surface area contributed by atoms with Crippen molar-refractivity contribution in [3.05, 3.63) is 47.5 Å². The average Bonchev–Trinajstić information content (AvgIpc) is 2.43. The molecule has 1 aliphatic heterocycles. The normalized spacial score (nSPS) is 16.7. The number of hydrogen-bond acceptors (Lipinski definition) is 2. The van der Waals surface area contributed by atoms with Crippen molar-refractivity contribution in [1.29, 1.82) is 0 Å². The lowest BCUT2D eigenvalue weighted by molar-refractivity contribution is 0.384. The topological polar surface area (TPSA) is 49.4 Å². The fourth-order valence-electron chi connectivity index (χ4n) is 2.20. The minimum absolute atomic E-state index is 0.449. The Morgan fingerprint density at radius 2 is 2.05 bits per heavy atom. The number of rotatable bonds is 5. The average molecular weight is 280 g/mol. The smallest absolute Gasteiger partial charge is 0.202 e. The molecule has 0 unspecified atom stereocenters. The Hall–Kier alpha value is -1.17. The summed E-state index contributed by atoms with van der Waals surface area (Å²) in [6.45, 7) is 3.39. The molecule has 4 nitrogen and oxygen atoms in total. The lowest BCUT2D eigenvalue weighted by atomic mass is 10.0. The largest absolute Gasteiger partial charge is 0.279 e. The van der Waals surface area contributed by atoms with E-state index in [0.717, 1.165) is 18.4 Å². The molecule has 19 heavy (non-hydrogen) atoms. The summed E-state index contributed by atoms with van der Waals surface area (Å²) in [6, 6.07) is 8.02. The quantitative estimate of drug-likeness (QED) is 0.661. The molecular weight excluding hydrogens is 260 g/mol. The van der Waals surface area contributed by atoms with Gasteiger partial charge in [0.15, 0.2) is 0 Å². The van der Waals surface area contributed by atoms with Crippen molar-refractivity contribution >= 4 is 10.2 Å². The SMILES string of the molecule is C/C=C/CCNS(=O)(=O)N1CCc2ccccc2C1. The minimum Gasteiger partial charge on any atom is -0.202 e. The van der Waals surface area contributed by atoms with Crippen LogP contribution in [0.25, 0.3) is 0 Å². The summed E-state index contributed by atoms with van der Waals surface area (Å²) >= 11 is 0. The molecule has 2 rings (SSSR count). The molecule has 0 bridgehead atoms. The van der Waals surface area contributed by atoms with Crippen LogP contribution in [0.3, 0.4) is 0 Å². The van der Waals surface area contributed by atoms with Crippen molar-refractivity contribution in [1.82, 2.24) is 9.03 Å². The number of nitrogens with zero attached hydrogens (tertiary/aromatic N) is 1. The van der Waals surface area contributed by atoms with E-state index >= 15 is 0 Å². The lowest BCUT2D eigenvalue weighted by Crippen LogP contribution is -2.43. The summed E-state index contributed by atoms with van der Waals surface area (Å²) in [5.41, 5.74) is 2.36. The highest BCUT2D eigenvalue weighted by molar-refractivity contribution is 7.87. The Balaban J connectivity index is 1.99. The molecule has 1 aromatic carbocycles. The molecule has 0 atom stereocenters. The third-order valence-electron chi connectivity index (χ3n) is 3.27. The van der Waals surface area contributed by atoms with Gasteiger partial charge in [0, 0.05) is 19.6 Å². The molecule has 104 valence electrons. The maximum absolute atomic E-state index is 12.1. The molecule has 0 fully saturated rings. The molecule has 0 amide bonds. The maximum Gasteiger partial charge on any atom is 0.279 e. The zero-order chi connectivity index (χ0) is 13.7. The molecular formula is C14H20N2O2S. The second kappa shape index (κ2) is 6.32. The van der Waals surface area contributed by atoms with Gasteiger partial charge in [-0.25, -0.2) is 4.72 Å². The Morgan fingerprint density at radius 1 is 1.32 bits per heavy atom. The van der Waals surface area contributed by atoms with Crippen molar-refractivity contribution in [2.45, 2.75) is 26.3 Å². The van der Waals surface area contributed by atoms with Crippen LogP contribution >= 0.6 is 0 Å². The molecule has 1 N–H and O–H groups in total. The molecule has 1 aliphatic rings. The highest BCUT2D eigenvalue weighted by Gasteiger charge is 2.25. The van der Waals surface area contributed by atoms with E-state index in [9.17, 15) is 8.42 Å². The molecule has 0 saturated heterocycles. The van der Waals surface area contributed by atoms with Crippen LogP contribution in [-0.4, -0.2) is 25.8 Å². The van der Waals surface area contributed by atoms with Crippen molar-refractivity contribution in [3.63, 3.8) is 0 Å². The van der Waals surface area contributed by atoms with Gasteiger partial charge in [-0.1, -0.05) is 36.4 Å². The van der Waals surface area contributed by atoms with Crippen molar-refractivity contribution in [2.24, 2.45) is 0 Å². The van der Waals surface area contributed by atoms with Crippen LogP contribution in [0.4, 0.5) is 0 Å². The third kappa shape index (κ3) is 3.65. The van der Waals surface area contributed by atoms with E-state index in [1.54, 1.807) is 0 Å². The molecule has 1 aromatic rings. The number of fused-ring (bicyclic) bond motifs is 1. The zero-order valence-electron chi connectivity index (χ0n) is 11.2. The number of nitrogens with one attached hydrogen (secondary N) is 1. The van der Waals surface area contributed by atoms with E-state index < -0.39 is 10.2 Å². The van der Waals surface area contributed by atoms with Crippen LogP contribution in [0.15, 0.2) is 36.4 Å². The fourth-order valence-corrected chi connectivity index (χ4v) is 3.40. The third-order valence-corrected chi connectivity index (χ3v) is 4.83. The van der Waals surface area contributed by atoms with Crippen LogP contribution < -0.4 is 4.72 Å². The molecule has 0 aromatic heterocycles. The summed E-state index contributed by atoms with van der Waals surface area (Å²) < 4.78 is 28.5. The first-order valence-electron chi connectivity index (χ1n) is 6.56. The van der Waals surface area contributed by atoms with Crippen molar-refractivity contribution < 1.29 is 8.42 Å². The van der Waals surface area contributed by atoms with Crippen LogP contribution in [0.1, 0.15) is 24.5 Å². The van der Waals surface area contributed by atoms with Gasteiger partial charge in [-0.2, -0.15) is 12.7 Å². The van der Waals surface area contributed by atoms with Crippen LogP contribution in [0, 0.1) is 0 Å². The summed E-state index contributed by atoms with van der Waals surface area (Å²) in [5.74, 6) is 0. The first kappa shape index (κ1) is 14.2. The van der Waals surface area contributed by atoms with Crippen LogP contribution in [0.2, 0.25) is 0 Å². The van der Waals surface area contributed by atoms with E-state index in [0.29, 0.717) is 19.6 Å². The highest BCUT2D eigenvalue weighted by atomic mass is 32.2. The highest BCUT2D eigenvalue weighted by Crippen LogP contribution is 2.20. The van der Waals surface area contributed by atoms with Crippen LogP contribution in [0.5, 0.6) is 0 Å². The summed E-state index contributed by atoms with van der Waals surface area (Å²) in [4.78, 5) is 0. The van der Waals surface area contributed by atoms with Gasteiger partial charge in [0.25, 0.3) is 10.2 Å². The predicted octanol–water partition coefficient (Wildman–Crippen LogP) is 1.85. The standard InChI is InChI=1S/C14H20N2O2S/c1-2-3-6-10-15-19(17,18)16-11-9-13-7-4-5-8-14(13)12-16/h2-5,7-8,15H,6,9-12H2,1H3/b3-2+. The lowest BCUT2D eigenvalue weighted by Gasteiger charge is -2.28. The second-order valence-electron chi connectivity index (χ2n) is 4.61. The van der Waals surface area contributed by atoms with Crippen molar-refractivity contribution in [3.8, 4) is 0 Å². The fraction of sp³-hybridized carbons (Fsp3) is 0.429. The predicted molar refractivity (Wildman–Crippen MR) is 76.9 cm³/mol. The Bertz CT molecular complexity index is 552. The van der Waals surface area contributed by atoms with Gasteiger partial charge in [-0.3, -0.25) is 0 Å². The second-order valence-corrected chi connectivity index (χ2v) is 6.36. The Labute approximate surface area is 115 Å². The van der Waals surface area contributed by atoms with Gasteiger partial charge in [0.05, 0.1) is 0 Å². The van der Waals surface area contributed by atoms with E-state index in [1.165, 1.54) is 9.87 Å². The van der Waals surface area contributed by atoms with Gasteiger partial charge in [-0.05, 0) is 30.9 Å². The first-order chi connectivity index (χ1) is 9.13. The first-order valence-corrected chi connectivity index (χ1v) is 8.00. The van der Waals surface area contributed by atoms with Crippen LogP contribution in [-0.2, 0) is 23.2 Å². The van der Waals surface area contributed by atoms with Gasteiger partial charge in [-0.15, -0.1) is 0 Å². The van der Waals surface area contributed by atoms with E-state index in [2.05, 4.69) is 10.8 Å². The maximum atomic E-state index is 12.1. The molecule has 0 saturated carbocycles. The molecule has 0 radical (unpaired) electrons. The van der Waals surface area contributed by atoms with E-state index in [4.69, 9.17) is 0 Å². The Morgan fingerprint density at radius 3 is 2.79 bits per heavy atom. The molecule has 0 aliphatic carbocycles. The van der Waals surface area contributed by atoms with Gasteiger partial charge >= 0.3 is 0 Å². The number of benzene rings is 1.